The Hall–Kier alpha value is -1.92. The van der Waals surface area contributed by atoms with Crippen LogP contribution in [0.2, 0.25) is 0 Å². The van der Waals surface area contributed by atoms with Gasteiger partial charge in [0, 0.05) is 33.3 Å². The SMILES string of the molecule is COCCN(C(N)=O)C1(C=O)CCN(Cc2ccccc2)CC1. The summed E-state index contributed by atoms with van der Waals surface area (Å²) < 4.78 is 5.03. The zero-order valence-electron chi connectivity index (χ0n) is 13.6. The maximum Gasteiger partial charge on any atom is 0.315 e. The number of amides is 2. The number of piperidine rings is 1. The van der Waals surface area contributed by atoms with Crippen molar-refractivity contribution in [2.75, 3.05) is 33.4 Å². The fraction of sp³-hybridized carbons (Fsp3) is 0.529. The maximum atomic E-state index is 11.8. The lowest BCUT2D eigenvalue weighted by Crippen LogP contribution is -2.60. The number of primary amides is 1. The van der Waals surface area contributed by atoms with Gasteiger partial charge in [0.25, 0.3) is 0 Å². The summed E-state index contributed by atoms with van der Waals surface area (Å²) in [7, 11) is 1.56. The highest BCUT2D eigenvalue weighted by Crippen LogP contribution is 2.28. The van der Waals surface area contributed by atoms with Gasteiger partial charge in [-0.25, -0.2) is 4.79 Å². The Morgan fingerprint density at radius 1 is 1.35 bits per heavy atom. The zero-order chi connectivity index (χ0) is 16.7. The molecule has 126 valence electrons. The number of methoxy groups -OCH3 is 1. The van der Waals surface area contributed by atoms with Crippen LogP contribution in [0.5, 0.6) is 0 Å². The molecule has 0 aromatic heterocycles. The number of ether oxygens (including phenoxy) is 1. The van der Waals surface area contributed by atoms with Crippen molar-refractivity contribution in [2.24, 2.45) is 5.73 Å². The molecule has 1 aliphatic rings. The minimum absolute atomic E-state index is 0.337. The van der Waals surface area contributed by atoms with Crippen LogP contribution < -0.4 is 5.73 Å². The van der Waals surface area contributed by atoms with Gasteiger partial charge in [-0.2, -0.15) is 0 Å². The third-order valence-electron chi connectivity index (χ3n) is 4.51. The van der Waals surface area contributed by atoms with Crippen molar-refractivity contribution in [2.45, 2.75) is 24.9 Å². The van der Waals surface area contributed by atoms with Gasteiger partial charge in [-0.1, -0.05) is 30.3 Å². The lowest BCUT2D eigenvalue weighted by atomic mass is 9.87. The Balaban J connectivity index is 2.00. The van der Waals surface area contributed by atoms with E-state index < -0.39 is 11.6 Å². The zero-order valence-corrected chi connectivity index (χ0v) is 13.6. The predicted molar refractivity (Wildman–Crippen MR) is 87.9 cm³/mol. The van der Waals surface area contributed by atoms with E-state index in [9.17, 15) is 9.59 Å². The van der Waals surface area contributed by atoms with E-state index in [1.165, 1.54) is 10.5 Å². The highest BCUT2D eigenvalue weighted by Gasteiger charge is 2.41. The summed E-state index contributed by atoms with van der Waals surface area (Å²) in [4.78, 5) is 27.3. The minimum Gasteiger partial charge on any atom is -0.383 e. The number of benzene rings is 1. The third-order valence-corrected chi connectivity index (χ3v) is 4.51. The molecule has 1 saturated heterocycles. The number of urea groups is 1. The van der Waals surface area contributed by atoms with E-state index in [0.717, 1.165) is 25.9 Å². The highest BCUT2D eigenvalue weighted by molar-refractivity contribution is 5.79. The number of aldehydes is 1. The average Bonchev–Trinajstić information content (AvgIpc) is 2.57. The molecule has 1 fully saturated rings. The molecule has 0 unspecified atom stereocenters. The Labute approximate surface area is 137 Å². The molecule has 1 aromatic carbocycles. The van der Waals surface area contributed by atoms with E-state index in [0.29, 0.717) is 26.0 Å². The fourth-order valence-electron chi connectivity index (χ4n) is 3.13. The first-order valence-corrected chi connectivity index (χ1v) is 7.90. The molecule has 6 heteroatoms. The number of hydrogen-bond acceptors (Lipinski definition) is 4. The van der Waals surface area contributed by atoms with Gasteiger partial charge in [-0.15, -0.1) is 0 Å². The second kappa shape index (κ2) is 8.08. The number of nitrogens with zero attached hydrogens (tertiary/aromatic N) is 2. The summed E-state index contributed by atoms with van der Waals surface area (Å²) in [5.41, 5.74) is 5.93. The Kier molecular flexibility index (Phi) is 6.12. The van der Waals surface area contributed by atoms with Crippen molar-refractivity contribution in [1.29, 1.82) is 0 Å². The van der Waals surface area contributed by atoms with Crippen LogP contribution in [-0.4, -0.2) is 61.0 Å². The van der Waals surface area contributed by atoms with Gasteiger partial charge >= 0.3 is 6.03 Å². The van der Waals surface area contributed by atoms with Gasteiger partial charge in [0.15, 0.2) is 0 Å². The van der Waals surface area contributed by atoms with Crippen molar-refractivity contribution in [3.05, 3.63) is 35.9 Å². The Morgan fingerprint density at radius 3 is 2.52 bits per heavy atom. The third kappa shape index (κ3) is 4.30. The predicted octanol–water partition coefficient (Wildman–Crippen LogP) is 1.25. The van der Waals surface area contributed by atoms with Gasteiger partial charge < -0.3 is 20.2 Å². The molecular weight excluding hydrogens is 294 g/mol. The minimum atomic E-state index is -0.808. The van der Waals surface area contributed by atoms with Gasteiger partial charge in [0.2, 0.25) is 0 Å². The largest absolute Gasteiger partial charge is 0.383 e. The van der Waals surface area contributed by atoms with Crippen molar-refractivity contribution in [1.82, 2.24) is 9.80 Å². The monoisotopic (exact) mass is 319 g/mol. The van der Waals surface area contributed by atoms with Crippen LogP contribution in [-0.2, 0) is 16.1 Å². The quantitative estimate of drug-likeness (QED) is 0.767. The van der Waals surface area contributed by atoms with E-state index in [1.807, 2.05) is 18.2 Å². The van der Waals surface area contributed by atoms with Crippen LogP contribution in [0.25, 0.3) is 0 Å². The van der Waals surface area contributed by atoms with Crippen LogP contribution in [0, 0.1) is 0 Å². The lowest BCUT2D eigenvalue weighted by Gasteiger charge is -2.44. The van der Waals surface area contributed by atoms with Gasteiger partial charge in [0.05, 0.1) is 6.61 Å². The standard InChI is InChI=1S/C17H25N3O3/c1-23-12-11-20(16(18)22)17(14-21)7-9-19(10-8-17)13-15-5-3-2-4-6-15/h2-6,14H,7-13H2,1H3,(H2,18,22). The molecule has 0 saturated carbocycles. The van der Waals surface area contributed by atoms with Crippen LogP contribution in [0.4, 0.5) is 4.79 Å². The van der Waals surface area contributed by atoms with Crippen molar-refractivity contribution in [3.8, 4) is 0 Å². The number of rotatable bonds is 7. The first kappa shape index (κ1) is 17.4. The van der Waals surface area contributed by atoms with E-state index in [-0.39, 0.29) is 0 Å². The molecule has 2 N–H and O–H groups in total. The summed E-state index contributed by atoms with van der Waals surface area (Å²) in [6, 6.07) is 9.66. The molecule has 0 aliphatic carbocycles. The summed E-state index contributed by atoms with van der Waals surface area (Å²) in [5.74, 6) is 0. The number of hydrogen-bond donors (Lipinski definition) is 1. The molecule has 0 spiro atoms. The molecule has 0 atom stereocenters. The smallest absolute Gasteiger partial charge is 0.315 e. The van der Waals surface area contributed by atoms with E-state index in [2.05, 4.69) is 17.0 Å². The Bertz CT molecular complexity index is 513. The molecule has 6 nitrogen and oxygen atoms in total. The lowest BCUT2D eigenvalue weighted by molar-refractivity contribution is -0.120. The molecule has 2 amide bonds. The molecular formula is C17H25N3O3. The average molecular weight is 319 g/mol. The maximum absolute atomic E-state index is 11.8. The summed E-state index contributed by atoms with van der Waals surface area (Å²) in [5, 5.41) is 0. The summed E-state index contributed by atoms with van der Waals surface area (Å²) in [6.07, 6.45) is 2.07. The Morgan fingerprint density at radius 2 is 2.00 bits per heavy atom. The van der Waals surface area contributed by atoms with E-state index in [4.69, 9.17) is 10.5 Å². The van der Waals surface area contributed by atoms with Crippen LogP contribution in [0.15, 0.2) is 30.3 Å². The van der Waals surface area contributed by atoms with Gasteiger partial charge in [-0.05, 0) is 18.4 Å². The van der Waals surface area contributed by atoms with Crippen LogP contribution in [0.1, 0.15) is 18.4 Å². The topological polar surface area (TPSA) is 75.9 Å². The first-order valence-electron chi connectivity index (χ1n) is 7.90. The van der Waals surface area contributed by atoms with Crippen molar-refractivity contribution >= 4 is 12.3 Å². The molecule has 1 heterocycles. The van der Waals surface area contributed by atoms with E-state index >= 15 is 0 Å². The molecule has 0 bridgehead atoms. The van der Waals surface area contributed by atoms with Crippen LogP contribution in [0.3, 0.4) is 0 Å². The molecule has 1 aromatic rings. The van der Waals surface area contributed by atoms with E-state index in [1.54, 1.807) is 7.11 Å². The summed E-state index contributed by atoms with van der Waals surface area (Å²) >= 11 is 0. The number of carbonyl (C=O) groups excluding carboxylic acids is 2. The molecule has 0 radical (unpaired) electrons. The normalized spacial score (nSPS) is 17.6. The number of nitrogens with two attached hydrogens (primary N) is 1. The van der Waals surface area contributed by atoms with Gasteiger partial charge in [0.1, 0.15) is 11.8 Å². The fourth-order valence-corrected chi connectivity index (χ4v) is 3.13. The van der Waals surface area contributed by atoms with Crippen molar-refractivity contribution < 1.29 is 14.3 Å². The number of likely N-dealkylation sites (tertiary alicyclic amines) is 1. The number of carbonyl (C=O) groups is 2. The molecule has 23 heavy (non-hydrogen) atoms. The first-order chi connectivity index (χ1) is 11.1. The summed E-state index contributed by atoms with van der Waals surface area (Å²) in [6.45, 7) is 3.06. The molecule has 1 aliphatic heterocycles. The highest BCUT2D eigenvalue weighted by atomic mass is 16.5. The molecule has 2 rings (SSSR count). The second-order valence-corrected chi connectivity index (χ2v) is 5.97. The van der Waals surface area contributed by atoms with Gasteiger partial charge in [-0.3, -0.25) is 4.90 Å². The van der Waals surface area contributed by atoms with Crippen LogP contribution >= 0.6 is 0 Å². The van der Waals surface area contributed by atoms with Crippen molar-refractivity contribution in [3.63, 3.8) is 0 Å². The second-order valence-electron chi connectivity index (χ2n) is 5.97.